The molecule has 0 spiro atoms. The monoisotopic (exact) mass is 183 g/mol. The molecule has 72 valence electrons. The number of nitrogens with two attached hydrogens (primary N) is 1. The molecule has 1 rings (SSSR count). The summed E-state index contributed by atoms with van der Waals surface area (Å²) in [7, 11) is 4.64. The fourth-order valence-electron chi connectivity index (χ4n) is 1.12. The number of ether oxygens (including phenoxy) is 3. The van der Waals surface area contributed by atoms with Crippen molar-refractivity contribution in [3.8, 4) is 17.2 Å². The highest BCUT2D eigenvalue weighted by molar-refractivity contribution is 5.65. The third kappa shape index (κ3) is 1.61. The molecule has 1 aromatic rings. The molecule has 2 N–H and O–H groups in total. The van der Waals surface area contributed by atoms with Crippen molar-refractivity contribution in [2.45, 2.75) is 0 Å². The Morgan fingerprint density at radius 2 is 1.54 bits per heavy atom. The van der Waals surface area contributed by atoms with Crippen molar-refractivity contribution in [3.63, 3.8) is 0 Å². The molecule has 0 unspecified atom stereocenters. The van der Waals surface area contributed by atoms with E-state index in [4.69, 9.17) is 19.9 Å². The minimum absolute atomic E-state index is 0.502. The lowest BCUT2D eigenvalue weighted by Crippen LogP contribution is -1.98. The maximum atomic E-state index is 5.67. The summed E-state index contributed by atoms with van der Waals surface area (Å²) in [5.74, 6) is 1.63. The topological polar surface area (TPSA) is 53.7 Å². The maximum Gasteiger partial charge on any atom is 0.205 e. The highest BCUT2D eigenvalue weighted by Crippen LogP contribution is 2.40. The standard InChI is InChI=1S/C9H13NO3/c1-11-7-5-4-6(10)8(12-2)9(7)13-3/h4-5H,10H2,1-3H3. The Hall–Kier alpha value is -1.58. The Morgan fingerprint density at radius 1 is 0.923 bits per heavy atom. The Labute approximate surface area is 77.2 Å². The average Bonchev–Trinajstić information content (AvgIpc) is 2.17. The SMILES string of the molecule is COc1ccc(N)c(OC)c1OC. The van der Waals surface area contributed by atoms with E-state index in [1.807, 2.05) is 0 Å². The van der Waals surface area contributed by atoms with Crippen LogP contribution in [0.4, 0.5) is 5.69 Å². The largest absolute Gasteiger partial charge is 0.493 e. The van der Waals surface area contributed by atoms with Crippen LogP contribution in [0.15, 0.2) is 12.1 Å². The van der Waals surface area contributed by atoms with Crippen molar-refractivity contribution in [1.82, 2.24) is 0 Å². The molecule has 0 aromatic heterocycles. The van der Waals surface area contributed by atoms with Gasteiger partial charge in [0.2, 0.25) is 5.75 Å². The van der Waals surface area contributed by atoms with Gasteiger partial charge in [0.05, 0.1) is 27.0 Å². The van der Waals surface area contributed by atoms with E-state index in [1.165, 1.54) is 7.11 Å². The molecule has 0 fully saturated rings. The van der Waals surface area contributed by atoms with Crippen LogP contribution in [0.3, 0.4) is 0 Å². The predicted octanol–water partition coefficient (Wildman–Crippen LogP) is 1.29. The van der Waals surface area contributed by atoms with Crippen LogP contribution in [-0.4, -0.2) is 21.3 Å². The van der Waals surface area contributed by atoms with Crippen LogP contribution in [0.2, 0.25) is 0 Å². The smallest absolute Gasteiger partial charge is 0.205 e. The number of rotatable bonds is 3. The molecule has 0 aliphatic carbocycles. The summed E-state index contributed by atoms with van der Waals surface area (Å²) in [6, 6.07) is 3.44. The van der Waals surface area contributed by atoms with Gasteiger partial charge < -0.3 is 19.9 Å². The van der Waals surface area contributed by atoms with E-state index < -0.39 is 0 Å². The van der Waals surface area contributed by atoms with Gasteiger partial charge in [0, 0.05) is 0 Å². The Balaban J connectivity index is 3.27. The molecule has 0 heterocycles. The van der Waals surface area contributed by atoms with Gasteiger partial charge in [-0.1, -0.05) is 0 Å². The number of anilines is 1. The lowest BCUT2D eigenvalue weighted by Gasteiger charge is -2.13. The van der Waals surface area contributed by atoms with Gasteiger partial charge in [-0.15, -0.1) is 0 Å². The molecule has 0 atom stereocenters. The zero-order valence-corrected chi connectivity index (χ0v) is 7.96. The van der Waals surface area contributed by atoms with Crippen LogP contribution in [0.5, 0.6) is 17.2 Å². The molecule has 1 aromatic carbocycles. The first-order valence-electron chi connectivity index (χ1n) is 3.79. The average molecular weight is 183 g/mol. The van der Waals surface area contributed by atoms with Gasteiger partial charge in [-0.25, -0.2) is 0 Å². The number of hydrogen-bond donors (Lipinski definition) is 1. The van der Waals surface area contributed by atoms with Gasteiger partial charge in [0.25, 0.3) is 0 Å². The summed E-state index contributed by atoms with van der Waals surface area (Å²) < 4.78 is 15.3. The van der Waals surface area contributed by atoms with Gasteiger partial charge in [-0.3, -0.25) is 0 Å². The second-order valence-corrected chi connectivity index (χ2v) is 2.42. The predicted molar refractivity (Wildman–Crippen MR) is 50.5 cm³/mol. The van der Waals surface area contributed by atoms with Crippen molar-refractivity contribution < 1.29 is 14.2 Å². The van der Waals surface area contributed by atoms with Crippen LogP contribution in [0, 0.1) is 0 Å². The minimum atomic E-state index is 0.502. The van der Waals surface area contributed by atoms with Crippen molar-refractivity contribution in [3.05, 3.63) is 12.1 Å². The third-order valence-electron chi connectivity index (χ3n) is 1.73. The number of nitrogen functional groups attached to an aromatic ring is 1. The van der Waals surface area contributed by atoms with Crippen LogP contribution < -0.4 is 19.9 Å². The highest BCUT2D eigenvalue weighted by atomic mass is 16.5. The fourth-order valence-corrected chi connectivity index (χ4v) is 1.12. The molecule has 0 aliphatic rings. The van der Waals surface area contributed by atoms with E-state index in [1.54, 1.807) is 26.4 Å². The molecule has 0 amide bonds. The lowest BCUT2D eigenvalue weighted by atomic mass is 10.2. The Kier molecular flexibility index (Phi) is 2.84. The third-order valence-corrected chi connectivity index (χ3v) is 1.73. The van der Waals surface area contributed by atoms with Crippen molar-refractivity contribution in [1.29, 1.82) is 0 Å². The maximum absolute atomic E-state index is 5.67. The van der Waals surface area contributed by atoms with E-state index in [9.17, 15) is 0 Å². The van der Waals surface area contributed by atoms with Crippen molar-refractivity contribution in [2.24, 2.45) is 0 Å². The first kappa shape index (κ1) is 9.51. The van der Waals surface area contributed by atoms with E-state index >= 15 is 0 Å². The van der Waals surface area contributed by atoms with Crippen molar-refractivity contribution >= 4 is 5.69 Å². The van der Waals surface area contributed by atoms with Crippen LogP contribution in [0.1, 0.15) is 0 Å². The van der Waals surface area contributed by atoms with Crippen LogP contribution in [0.25, 0.3) is 0 Å². The molecule has 4 nitrogen and oxygen atoms in total. The lowest BCUT2D eigenvalue weighted by molar-refractivity contribution is 0.325. The second-order valence-electron chi connectivity index (χ2n) is 2.42. The summed E-state index contributed by atoms with van der Waals surface area (Å²) in [6.45, 7) is 0. The van der Waals surface area contributed by atoms with Crippen LogP contribution >= 0.6 is 0 Å². The zero-order valence-electron chi connectivity index (χ0n) is 7.96. The molecule has 13 heavy (non-hydrogen) atoms. The molecule has 0 aliphatic heterocycles. The first-order valence-corrected chi connectivity index (χ1v) is 3.79. The number of benzene rings is 1. The quantitative estimate of drug-likeness (QED) is 0.717. The van der Waals surface area contributed by atoms with E-state index in [-0.39, 0.29) is 0 Å². The van der Waals surface area contributed by atoms with Gasteiger partial charge in [0.15, 0.2) is 11.5 Å². The summed E-state index contributed by atoms with van der Waals surface area (Å²) in [5, 5.41) is 0. The van der Waals surface area contributed by atoms with Gasteiger partial charge in [0.1, 0.15) is 0 Å². The normalized spacial score (nSPS) is 9.46. The summed E-state index contributed by atoms with van der Waals surface area (Å²) in [4.78, 5) is 0. The van der Waals surface area contributed by atoms with E-state index in [0.717, 1.165) is 0 Å². The zero-order chi connectivity index (χ0) is 9.84. The molecule has 4 heteroatoms. The second kappa shape index (κ2) is 3.89. The van der Waals surface area contributed by atoms with Crippen molar-refractivity contribution in [2.75, 3.05) is 27.1 Å². The summed E-state index contributed by atoms with van der Waals surface area (Å²) >= 11 is 0. The first-order chi connectivity index (χ1) is 6.24. The molecule has 0 saturated carbocycles. The van der Waals surface area contributed by atoms with Crippen LogP contribution in [-0.2, 0) is 0 Å². The summed E-state index contributed by atoms with van der Waals surface area (Å²) in [5.41, 5.74) is 6.20. The van der Waals surface area contributed by atoms with Gasteiger partial charge in [-0.05, 0) is 12.1 Å². The Morgan fingerprint density at radius 3 is 2.00 bits per heavy atom. The minimum Gasteiger partial charge on any atom is -0.493 e. The Bertz CT molecular complexity index is 299. The van der Waals surface area contributed by atoms with E-state index in [2.05, 4.69) is 0 Å². The summed E-state index contributed by atoms with van der Waals surface area (Å²) in [6.07, 6.45) is 0. The molecule has 0 radical (unpaired) electrons. The number of methoxy groups -OCH3 is 3. The van der Waals surface area contributed by atoms with Gasteiger partial charge >= 0.3 is 0 Å². The van der Waals surface area contributed by atoms with Gasteiger partial charge in [-0.2, -0.15) is 0 Å². The fraction of sp³-hybridized carbons (Fsp3) is 0.333. The number of hydrogen-bond acceptors (Lipinski definition) is 4. The van der Waals surface area contributed by atoms with E-state index in [0.29, 0.717) is 22.9 Å². The highest BCUT2D eigenvalue weighted by Gasteiger charge is 2.13. The molecule has 0 bridgehead atoms. The molecular formula is C9H13NO3. The molecule has 0 saturated heterocycles. The molecular weight excluding hydrogens is 170 g/mol.